The van der Waals surface area contributed by atoms with Gasteiger partial charge in [0.1, 0.15) is 30.5 Å². The van der Waals surface area contributed by atoms with Crippen LogP contribution in [0.3, 0.4) is 0 Å². The standard InChI is InChI=1S/C28H31N3O6/c29-23(27(34)36-17-25(31)26(32)33)15-19-10-12-22(13-11-19)37-28(35)24(30)16-21-9-5-4-8-20(21)14-18-6-2-1-3-7-18/h1-13,23-25H,14-17,29-31H2,(H,32,33)/t23-,24+,25-/m0/s1. The van der Waals surface area contributed by atoms with Crippen molar-refractivity contribution in [1.29, 1.82) is 0 Å². The molecule has 0 spiro atoms. The lowest BCUT2D eigenvalue weighted by Gasteiger charge is -2.15. The summed E-state index contributed by atoms with van der Waals surface area (Å²) in [6.07, 6.45) is 1.22. The van der Waals surface area contributed by atoms with Crippen molar-refractivity contribution < 1.29 is 29.0 Å². The quantitative estimate of drug-likeness (QED) is 0.211. The van der Waals surface area contributed by atoms with E-state index in [0.717, 1.165) is 17.5 Å². The Morgan fingerprint density at radius 3 is 1.92 bits per heavy atom. The lowest BCUT2D eigenvalue weighted by Crippen LogP contribution is -2.40. The predicted molar refractivity (Wildman–Crippen MR) is 138 cm³/mol. The predicted octanol–water partition coefficient (Wildman–Crippen LogP) is 1.58. The zero-order valence-corrected chi connectivity index (χ0v) is 20.3. The molecule has 3 atom stereocenters. The number of carboxylic acid groups (broad SMARTS) is 1. The van der Waals surface area contributed by atoms with Gasteiger partial charge in [0, 0.05) is 0 Å². The van der Waals surface area contributed by atoms with Gasteiger partial charge >= 0.3 is 17.9 Å². The van der Waals surface area contributed by atoms with Gasteiger partial charge in [0.2, 0.25) is 0 Å². The second kappa shape index (κ2) is 13.3. The molecule has 0 saturated carbocycles. The molecule has 0 unspecified atom stereocenters. The number of carboxylic acids is 1. The molecule has 9 nitrogen and oxygen atoms in total. The third-order valence-corrected chi connectivity index (χ3v) is 5.72. The highest BCUT2D eigenvalue weighted by Gasteiger charge is 2.21. The lowest BCUT2D eigenvalue weighted by atomic mass is 9.95. The van der Waals surface area contributed by atoms with Crippen molar-refractivity contribution in [2.75, 3.05) is 6.61 Å². The van der Waals surface area contributed by atoms with Crippen LogP contribution in [0.1, 0.15) is 22.3 Å². The first kappa shape index (κ1) is 27.5. The van der Waals surface area contributed by atoms with E-state index in [0.29, 0.717) is 17.7 Å². The number of benzene rings is 3. The van der Waals surface area contributed by atoms with E-state index >= 15 is 0 Å². The maximum absolute atomic E-state index is 12.6. The van der Waals surface area contributed by atoms with E-state index in [2.05, 4.69) is 12.1 Å². The number of hydrogen-bond acceptors (Lipinski definition) is 8. The van der Waals surface area contributed by atoms with Crippen LogP contribution in [0.5, 0.6) is 5.75 Å². The van der Waals surface area contributed by atoms with Crippen LogP contribution in [0, 0.1) is 0 Å². The van der Waals surface area contributed by atoms with Crippen LogP contribution in [-0.4, -0.2) is 47.7 Å². The Kier molecular flexibility index (Phi) is 9.91. The third kappa shape index (κ3) is 8.53. The Morgan fingerprint density at radius 1 is 0.676 bits per heavy atom. The molecule has 37 heavy (non-hydrogen) atoms. The number of esters is 2. The van der Waals surface area contributed by atoms with Crippen LogP contribution >= 0.6 is 0 Å². The van der Waals surface area contributed by atoms with Gasteiger partial charge in [-0.05, 0) is 53.6 Å². The van der Waals surface area contributed by atoms with Crippen LogP contribution in [-0.2, 0) is 38.4 Å². The minimum atomic E-state index is -1.31. The van der Waals surface area contributed by atoms with E-state index < -0.39 is 42.6 Å². The average molecular weight is 506 g/mol. The molecular weight excluding hydrogens is 474 g/mol. The molecule has 0 bridgehead atoms. The van der Waals surface area contributed by atoms with Gasteiger partial charge < -0.3 is 31.8 Å². The van der Waals surface area contributed by atoms with Crippen LogP contribution in [0.25, 0.3) is 0 Å². The molecule has 0 radical (unpaired) electrons. The molecule has 0 aromatic heterocycles. The number of aliphatic carboxylic acids is 1. The second-order valence-electron chi connectivity index (χ2n) is 8.69. The van der Waals surface area contributed by atoms with Gasteiger partial charge in [0.25, 0.3) is 0 Å². The minimum absolute atomic E-state index is 0.146. The lowest BCUT2D eigenvalue weighted by molar-refractivity contribution is -0.149. The maximum Gasteiger partial charge on any atom is 0.328 e. The number of nitrogens with two attached hydrogens (primary N) is 3. The zero-order valence-electron chi connectivity index (χ0n) is 20.3. The summed E-state index contributed by atoms with van der Waals surface area (Å²) in [5.74, 6) is -2.28. The first-order valence-corrected chi connectivity index (χ1v) is 11.8. The molecule has 9 heteroatoms. The van der Waals surface area contributed by atoms with Gasteiger partial charge in [0.05, 0.1) is 0 Å². The van der Waals surface area contributed by atoms with Gasteiger partial charge in [-0.3, -0.25) is 9.59 Å². The van der Waals surface area contributed by atoms with Gasteiger partial charge in [0.15, 0.2) is 0 Å². The largest absolute Gasteiger partial charge is 0.480 e. The summed E-state index contributed by atoms with van der Waals surface area (Å²) >= 11 is 0. The Balaban J connectivity index is 1.52. The zero-order chi connectivity index (χ0) is 26.8. The van der Waals surface area contributed by atoms with Crippen molar-refractivity contribution in [3.63, 3.8) is 0 Å². The fraction of sp³-hybridized carbons (Fsp3) is 0.250. The molecule has 3 aromatic carbocycles. The van der Waals surface area contributed by atoms with E-state index in [1.165, 1.54) is 5.56 Å². The number of rotatable bonds is 12. The molecule has 0 heterocycles. The summed E-state index contributed by atoms with van der Waals surface area (Å²) < 4.78 is 10.3. The Morgan fingerprint density at radius 2 is 1.27 bits per heavy atom. The highest BCUT2D eigenvalue weighted by atomic mass is 16.5. The summed E-state index contributed by atoms with van der Waals surface area (Å²) in [4.78, 5) is 35.3. The van der Waals surface area contributed by atoms with Gasteiger partial charge in [-0.15, -0.1) is 0 Å². The van der Waals surface area contributed by atoms with Crippen LogP contribution in [0.2, 0.25) is 0 Å². The molecule has 3 rings (SSSR count). The molecule has 0 fully saturated rings. The van der Waals surface area contributed by atoms with Crippen LogP contribution < -0.4 is 21.9 Å². The van der Waals surface area contributed by atoms with Crippen molar-refractivity contribution in [3.05, 3.63) is 101 Å². The number of carbonyl (C=O) groups is 3. The molecule has 0 amide bonds. The molecule has 0 aliphatic carbocycles. The molecule has 194 valence electrons. The van der Waals surface area contributed by atoms with Crippen molar-refractivity contribution in [2.45, 2.75) is 37.4 Å². The first-order chi connectivity index (χ1) is 17.7. The van der Waals surface area contributed by atoms with Crippen molar-refractivity contribution in [2.24, 2.45) is 17.2 Å². The van der Waals surface area contributed by atoms with E-state index in [9.17, 15) is 14.4 Å². The fourth-order valence-electron chi connectivity index (χ4n) is 3.64. The molecule has 0 aliphatic heterocycles. The number of ether oxygens (including phenoxy) is 2. The monoisotopic (exact) mass is 505 g/mol. The summed E-state index contributed by atoms with van der Waals surface area (Å²) in [5, 5.41) is 8.74. The smallest absolute Gasteiger partial charge is 0.328 e. The molecule has 7 N–H and O–H groups in total. The normalized spacial score (nSPS) is 13.3. The third-order valence-electron chi connectivity index (χ3n) is 5.72. The number of carbonyl (C=O) groups excluding carboxylic acids is 2. The van der Waals surface area contributed by atoms with Crippen LogP contribution in [0.15, 0.2) is 78.9 Å². The van der Waals surface area contributed by atoms with Crippen molar-refractivity contribution in [3.8, 4) is 5.75 Å². The van der Waals surface area contributed by atoms with Gasteiger partial charge in [-0.2, -0.15) is 0 Å². The molecule has 3 aromatic rings. The summed E-state index contributed by atoms with van der Waals surface area (Å²) in [7, 11) is 0. The molecule has 0 aliphatic rings. The van der Waals surface area contributed by atoms with Crippen LogP contribution in [0.4, 0.5) is 0 Å². The maximum atomic E-state index is 12.6. The highest BCUT2D eigenvalue weighted by molar-refractivity contribution is 5.79. The minimum Gasteiger partial charge on any atom is -0.480 e. The summed E-state index contributed by atoms with van der Waals surface area (Å²) in [6, 6.07) is 21.3. The Hall–Kier alpha value is -4.05. The average Bonchev–Trinajstić information content (AvgIpc) is 2.89. The topological polar surface area (TPSA) is 168 Å². The highest BCUT2D eigenvalue weighted by Crippen LogP contribution is 2.18. The van der Waals surface area contributed by atoms with E-state index in [1.807, 2.05) is 42.5 Å². The number of hydrogen-bond donors (Lipinski definition) is 4. The summed E-state index contributed by atoms with van der Waals surface area (Å²) in [5.41, 5.74) is 21.3. The molecule has 0 saturated heterocycles. The second-order valence-corrected chi connectivity index (χ2v) is 8.69. The molecular formula is C28H31N3O6. The summed E-state index contributed by atoms with van der Waals surface area (Å²) in [6.45, 7) is -0.465. The van der Waals surface area contributed by atoms with Crippen molar-refractivity contribution in [1.82, 2.24) is 0 Å². The fourth-order valence-corrected chi connectivity index (χ4v) is 3.64. The first-order valence-electron chi connectivity index (χ1n) is 11.8. The Labute approximate surface area is 215 Å². The van der Waals surface area contributed by atoms with Crippen molar-refractivity contribution >= 4 is 17.9 Å². The van der Waals surface area contributed by atoms with E-state index in [1.54, 1.807) is 24.3 Å². The Bertz CT molecular complexity index is 1200. The van der Waals surface area contributed by atoms with E-state index in [-0.39, 0.29) is 6.42 Å². The SMILES string of the molecule is N[C@H](Cc1ccccc1Cc1ccccc1)C(=O)Oc1ccc(C[C@H](N)C(=O)OC[C@H](N)C(=O)O)cc1. The van der Waals surface area contributed by atoms with Gasteiger partial charge in [-0.1, -0.05) is 66.7 Å². The van der Waals surface area contributed by atoms with E-state index in [4.69, 9.17) is 31.8 Å². The van der Waals surface area contributed by atoms with Gasteiger partial charge in [-0.25, -0.2) is 4.79 Å².